The summed E-state index contributed by atoms with van der Waals surface area (Å²) >= 11 is 7.80. The van der Waals surface area contributed by atoms with Gasteiger partial charge in [-0.2, -0.15) is 5.10 Å². The number of nitrogens with zero attached hydrogens (tertiary/aromatic N) is 5. The second-order valence-corrected chi connectivity index (χ2v) is 6.85. The lowest BCUT2D eigenvalue weighted by molar-refractivity contribution is 0.767. The van der Waals surface area contributed by atoms with Gasteiger partial charge in [-0.05, 0) is 36.8 Å². The molecule has 0 aliphatic heterocycles. The van der Waals surface area contributed by atoms with Crippen molar-refractivity contribution < 1.29 is 0 Å². The molecule has 0 aliphatic carbocycles. The van der Waals surface area contributed by atoms with E-state index in [4.69, 9.17) is 11.6 Å². The summed E-state index contributed by atoms with van der Waals surface area (Å²) in [7, 11) is 1.92. The molecule has 4 rings (SSSR count). The number of thioether (sulfide) groups is 1. The molecule has 0 atom stereocenters. The molecule has 5 nitrogen and oxygen atoms in total. The summed E-state index contributed by atoms with van der Waals surface area (Å²) in [5.74, 6) is 0.803. The van der Waals surface area contributed by atoms with Gasteiger partial charge >= 0.3 is 0 Å². The second kappa shape index (κ2) is 5.54. The highest BCUT2D eigenvalue weighted by Crippen LogP contribution is 2.29. The van der Waals surface area contributed by atoms with E-state index in [-0.39, 0.29) is 0 Å². The quantitative estimate of drug-likeness (QED) is 0.530. The molecule has 0 saturated heterocycles. The summed E-state index contributed by atoms with van der Waals surface area (Å²) in [5, 5.41) is 15.6. The molecular weight excluding hydrogens is 330 g/mol. The van der Waals surface area contributed by atoms with E-state index in [1.165, 1.54) is 0 Å². The average molecular weight is 344 g/mol. The predicted octanol–water partition coefficient (Wildman–Crippen LogP) is 3.87. The van der Waals surface area contributed by atoms with Gasteiger partial charge in [0, 0.05) is 35.0 Å². The van der Waals surface area contributed by atoms with Gasteiger partial charge in [0.15, 0.2) is 10.8 Å². The number of pyridine rings is 1. The van der Waals surface area contributed by atoms with Crippen LogP contribution in [0, 0.1) is 6.92 Å². The Labute approximate surface area is 142 Å². The van der Waals surface area contributed by atoms with E-state index in [2.05, 4.69) is 26.6 Å². The van der Waals surface area contributed by atoms with Crippen molar-refractivity contribution in [3.63, 3.8) is 0 Å². The summed E-state index contributed by atoms with van der Waals surface area (Å²) in [5.41, 5.74) is 4.23. The van der Waals surface area contributed by atoms with E-state index in [0.717, 1.165) is 43.6 Å². The molecule has 1 aromatic carbocycles. The first-order chi connectivity index (χ1) is 11.1. The third-order valence-corrected chi connectivity index (χ3v) is 4.99. The summed E-state index contributed by atoms with van der Waals surface area (Å²) in [4.78, 5) is 0. The Morgan fingerprint density at radius 3 is 2.87 bits per heavy atom. The number of hydrogen-bond acceptors (Lipinski definition) is 4. The first-order valence-corrected chi connectivity index (χ1v) is 8.52. The van der Waals surface area contributed by atoms with Crippen LogP contribution in [-0.2, 0) is 12.8 Å². The SMILES string of the molecule is Cc1cc2nnc(SCc3cnn(C)c3)n2c2ccc(Cl)cc12. The predicted molar refractivity (Wildman–Crippen MR) is 93.0 cm³/mol. The van der Waals surface area contributed by atoms with E-state index in [9.17, 15) is 0 Å². The molecule has 7 heteroatoms. The Bertz CT molecular complexity index is 1020. The number of aryl methyl sites for hydroxylation is 2. The fourth-order valence-electron chi connectivity index (χ4n) is 2.68. The molecule has 3 heterocycles. The molecule has 0 fully saturated rings. The third kappa shape index (κ3) is 2.58. The molecule has 23 heavy (non-hydrogen) atoms. The third-order valence-electron chi connectivity index (χ3n) is 3.75. The summed E-state index contributed by atoms with van der Waals surface area (Å²) in [6.45, 7) is 2.07. The lowest BCUT2D eigenvalue weighted by atomic mass is 10.1. The van der Waals surface area contributed by atoms with Crippen LogP contribution in [-0.4, -0.2) is 24.4 Å². The van der Waals surface area contributed by atoms with Gasteiger partial charge in [0.05, 0.1) is 11.7 Å². The highest BCUT2D eigenvalue weighted by molar-refractivity contribution is 7.98. The van der Waals surface area contributed by atoms with Crippen LogP contribution in [0.15, 0.2) is 41.8 Å². The van der Waals surface area contributed by atoms with Crippen molar-refractivity contribution in [3.05, 3.63) is 52.8 Å². The maximum Gasteiger partial charge on any atom is 0.196 e. The van der Waals surface area contributed by atoms with Gasteiger partial charge in [-0.1, -0.05) is 23.4 Å². The molecule has 0 radical (unpaired) electrons. The normalized spacial score (nSPS) is 11.6. The molecule has 4 aromatic rings. The second-order valence-electron chi connectivity index (χ2n) is 5.48. The molecule has 116 valence electrons. The standard InChI is InChI=1S/C16H14ClN5S/c1-10-5-15-19-20-16(23-9-11-7-18-21(2)8-11)22(15)14-4-3-12(17)6-13(10)14/h3-8H,9H2,1-2H3. The fraction of sp³-hybridized carbons (Fsp3) is 0.188. The van der Waals surface area contributed by atoms with Gasteiger partial charge in [-0.15, -0.1) is 10.2 Å². The van der Waals surface area contributed by atoms with Crippen molar-refractivity contribution >= 4 is 39.9 Å². The Hall–Kier alpha value is -2.05. The first kappa shape index (κ1) is 14.5. The average Bonchev–Trinajstić information content (AvgIpc) is 3.12. The minimum Gasteiger partial charge on any atom is -0.276 e. The van der Waals surface area contributed by atoms with Crippen LogP contribution >= 0.6 is 23.4 Å². The summed E-state index contributed by atoms with van der Waals surface area (Å²) in [6.07, 6.45) is 3.89. The summed E-state index contributed by atoms with van der Waals surface area (Å²) in [6, 6.07) is 7.95. The van der Waals surface area contributed by atoms with Crippen molar-refractivity contribution in [3.8, 4) is 0 Å². The van der Waals surface area contributed by atoms with Crippen LogP contribution in [0.1, 0.15) is 11.1 Å². The number of halogens is 1. The molecule has 0 N–H and O–H groups in total. The fourth-order valence-corrected chi connectivity index (χ4v) is 3.72. The van der Waals surface area contributed by atoms with Crippen molar-refractivity contribution in [1.82, 2.24) is 24.4 Å². The van der Waals surface area contributed by atoms with Crippen molar-refractivity contribution in [1.29, 1.82) is 0 Å². The molecule has 3 aromatic heterocycles. The van der Waals surface area contributed by atoms with Gasteiger partial charge in [-0.25, -0.2) is 0 Å². The van der Waals surface area contributed by atoms with Gasteiger partial charge in [-0.3, -0.25) is 9.08 Å². The highest BCUT2D eigenvalue weighted by Gasteiger charge is 2.12. The van der Waals surface area contributed by atoms with Crippen molar-refractivity contribution in [2.24, 2.45) is 7.05 Å². The number of fused-ring (bicyclic) bond motifs is 3. The van der Waals surface area contributed by atoms with Gasteiger partial charge in [0.1, 0.15) is 0 Å². The van der Waals surface area contributed by atoms with Crippen LogP contribution < -0.4 is 0 Å². The van der Waals surface area contributed by atoms with Crippen LogP contribution in [0.5, 0.6) is 0 Å². The van der Waals surface area contributed by atoms with Gasteiger partial charge in [0.25, 0.3) is 0 Å². The minimum absolute atomic E-state index is 0.734. The van der Waals surface area contributed by atoms with E-state index in [1.54, 1.807) is 16.4 Å². The number of aromatic nitrogens is 5. The van der Waals surface area contributed by atoms with E-state index < -0.39 is 0 Å². The topological polar surface area (TPSA) is 48.0 Å². The molecule has 0 spiro atoms. The van der Waals surface area contributed by atoms with Crippen molar-refractivity contribution in [2.45, 2.75) is 17.8 Å². The lowest BCUT2D eigenvalue weighted by Gasteiger charge is -2.07. The zero-order valence-corrected chi connectivity index (χ0v) is 14.3. The van der Waals surface area contributed by atoms with Crippen LogP contribution in [0.3, 0.4) is 0 Å². The van der Waals surface area contributed by atoms with Crippen LogP contribution in [0.2, 0.25) is 5.02 Å². The highest BCUT2D eigenvalue weighted by atomic mass is 35.5. The number of hydrogen-bond donors (Lipinski definition) is 0. The Morgan fingerprint density at radius 2 is 2.09 bits per heavy atom. The molecule has 0 aliphatic rings. The van der Waals surface area contributed by atoms with Crippen LogP contribution in [0.4, 0.5) is 0 Å². The number of rotatable bonds is 3. The zero-order valence-electron chi connectivity index (χ0n) is 12.7. The monoisotopic (exact) mass is 343 g/mol. The molecule has 0 bridgehead atoms. The maximum absolute atomic E-state index is 6.14. The maximum atomic E-state index is 6.14. The largest absolute Gasteiger partial charge is 0.276 e. The Balaban J connectivity index is 1.81. The molecule has 0 saturated carbocycles. The van der Waals surface area contributed by atoms with Crippen LogP contribution in [0.25, 0.3) is 16.6 Å². The van der Waals surface area contributed by atoms with Gasteiger partial charge in [0.2, 0.25) is 0 Å². The van der Waals surface area contributed by atoms with E-state index in [1.807, 2.05) is 43.7 Å². The van der Waals surface area contributed by atoms with Gasteiger partial charge < -0.3 is 0 Å². The van der Waals surface area contributed by atoms with E-state index in [0.29, 0.717) is 0 Å². The lowest BCUT2D eigenvalue weighted by Crippen LogP contribution is -1.93. The molecule has 0 amide bonds. The zero-order chi connectivity index (χ0) is 16.0. The molecule has 0 unspecified atom stereocenters. The summed E-state index contributed by atoms with van der Waals surface area (Å²) < 4.78 is 3.89. The Kier molecular flexibility index (Phi) is 3.50. The molecular formula is C16H14ClN5S. The smallest absolute Gasteiger partial charge is 0.196 e. The van der Waals surface area contributed by atoms with E-state index >= 15 is 0 Å². The first-order valence-electron chi connectivity index (χ1n) is 7.16. The Morgan fingerprint density at radius 1 is 1.22 bits per heavy atom. The minimum atomic E-state index is 0.734. The number of benzene rings is 1. The van der Waals surface area contributed by atoms with Crippen molar-refractivity contribution in [2.75, 3.05) is 0 Å².